The van der Waals surface area contributed by atoms with Crippen LogP contribution in [-0.2, 0) is 0 Å². The Morgan fingerprint density at radius 3 is 2.50 bits per heavy atom. The molecule has 0 amide bonds. The SMILES string of the molecule is C=C(Cl)CCC(C)N. The highest BCUT2D eigenvalue weighted by atomic mass is 35.5. The van der Waals surface area contributed by atoms with E-state index in [1.165, 1.54) is 0 Å². The lowest BCUT2D eigenvalue weighted by Gasteiger charge is -2.00. The summed E-state index contributed by atoms with van der Waals surface area (Å²) in [6, 6.07) is 0.241. The van der Waals surface area contributed by atoms with Crippen LogP contribution in [0.25, 0.3) is 0 Å². The highest BCUT2D eigenvalue weighted by molar-refractivity contribution is 6.29. The van der Waals surface area contributed by atoms with Crippen LogP contribution in [-0.4, -0.2) is 6.04 Å². The second-order valence-corrected chi connectivity index (χ2v) is 2.57. The zero-order valence-corrected chi connectivity index (χ0v) is 5.91. The van der Waals surface area contributed by atoms with E-state index in [1.54, 1.807) is 0 Å². The molecule has 2 heteroatoms. The maximum absolute atomic E-state index is 5.47. The van der Waals surface area contributed by atoms with Crippen LogP contribution in [0, 0.1) is 0 Å². The minimum atomic E-state index is 0.241. The highest BCUT2D eigenvalue weighted by Gasteiger charge is 1.93. The summed E-state index contributed by atoms with van der Waals surface area (Å²) in [5.74, 6) is 0. The Labute approximate surface area is 55.5 Å². The predicted octanol–water partition coefficient (Wildman–Crippen LogP) is 1.87. The molecule has 1 nitrogen and oxygen atoms in total. The molecule has 0 rings (SSSR count). The van der Waals surface area contributed by atoms with E-state index < -0.39 is 0 Å². The van der Waals surface area contributed by atoms with E-state index in [0.717, 1.165) is 12.8 Å². The molecule has 1 unspecified atom stereocenters. The third-order valence-electron chi connectivity index (χ3n) is 0.871. The van der Waals surface area contributed by atoms with Gasteiger partial charge in [-0.25, -0.2) is 0 Å². The van der Waals surface area contributed by atoms with Crippen LogP contribution in [0.5, 0.6) is 0 Å². The van der Waals surface area contributed by atoms with Gasteiger partial charge in [-0.1, -0.05) is 18.2 Å². The Kier molecular flexibility index (Phi) is 3.92. The first-order chi connectivity index (χ1) is 3.63. The van der Waals surface area contributed by atoms with Gasteiger partial charge in [-0.3, -0.25) is 0 Å². The molecule has 0 aromatic heterocycles. The second-order valence-electron chi connectivity index (χ2n) is 2.03. The van der Waals surface area contributed by atoms with Crippen molar-refractivity contribution < 1.29 is 0 Å². The van der Waals surface area contributed by atoms with Crippen molar-refractivity contribution in [3.63, 3.8) is 0 Å². The van der Waals surface area contributed by atoms with Crippen molar-refractivity contribution in [2.24, 2.45) is 5.73 Å². The summed E-state index contributed by atoms with van der Waals surface area (Å²) in [5, 5.41) is 0.697. The molecule has 0 saturated carbocycles. The van der Waals surface area contributed by atoms with Crippen LogP contribution in [0.1, 0.15) is 19.8 Å². The van der Waals surface area contributed by atoms with Crippen molar-refractivity contribution in [2.75, 3.05) is 0 Å². The van der Waals surface area contributed by atoms with Crippen molar-refractivity contribution in [2.45, 2.75) is 25.8 Å². The Morgan fingerprint density at radius 2 is 2.38 bits per heavy atom. The van der Waals surface area contributed by atoms with Gasteiger partial charge < -0.3 is 5.73 Å². The fraction of sp³-hybridized carbons (Fsp3) is 0.667. The molecule has 0 aromatic rings. The minimum Gasteiger partial charge on any atom is -0.328 e. The van der Waals surface area contributed by atoms with Gasteiger partial charge in [0.2, 0.25) is 0 Å². The molecule has 0 fully saturated rings. The van der Waals surface area contributed by atoms with Gasteiger partial charge in [0, 0.05) is 11.1 Å². The van der Waals surface area contributed by atoms with Crippen LogP contribution < -0.4 is 5.73 Å². The second kappa shape index (κ2) is 3.93. The molecule has 2 N–H and O–H groups in total. The lowest BCUT2D eigenvalue weighted by atomic mass is 10.2. The number of hydrogen-bond donors (Lipinski definition) is 1. The summed E-state index contributed by atoms with van der Waals surface area (Å²) in [5.41, 5.74) is 5.44. The van der Waals surface area contributed by atoms with Crippen molar-refractivity contribution in [1.29, 1.82) is 0 Å². The van der Waals surface area contributed by atoms with Crippen molar-refractivity contribution in [1.82, 2.24) is 0 Å². The molecule has 0 aliphatic carbocycles. The molecule has 0 aliphatic rings. The molecule has 0 aliphatic heterocycles. The smallest absolute Gasteiger partial charge is 0.0109 e. The summed E-state index contributed by atoms with van der Waals surface area (Å²) in [4.78, 5) is 0. The van der Waals surface area contributed by atoms with E-state index in [1.807, 2.05) is 6.92 Å². The van der Waals surface area contributed by atoms with Crippen LogP contribution >= 0.6 is 11.6 Å². The van der Waals surface area contributed by atoms with Gasteiger partial charge in [0.05, 0.1) is 0 Å². The van der Waals surface area contributed by atoms with E-state index in [4.69, 9.17) is 17.3 Å². The molecule has 48 valence electrons. The van der Waals surface area contributed by atoms with Gasteiger partial charge in [-0.2, -0.15) is 0 Å². The summed E-state index contributed by atoms with van der Waals surface area (Å²) >= 11 is 5.47. The molecule has 0 aromatic carbocycles. The standard InChI is InChI=1S/C6H12ClN/c1-5(7)3-4-6(2)8/h6H,1,3-4,8H2,2H3. The quantitative estimate of drug-likeness (QED) is 0.625. The van der Waals surface area contributed by atoms with Crippen LogP contribution in [0.4, 0.5) is 0 Å². The lowest BCUT2D eigenvalue weighted by Crippen LogP contribution is -2.13. The van der Waals surface area contributed by atoms with Gasteiger partial charge >= 0.3 is 0 Å². The molecule has 0 saturated heterocycles. The van der Waals surface area contributed by atoms with E-state index >= 15 is 0 Å². The average molecular weight is 134 g/mol. The molecule has 0 bridgehead atoms. The topological polar surface area (TPSA) is 26.0 Å². The Hall–Kier alpha value is -0.0100. The van der Waals surface area contributed by atoms with Gasteiger partial charge in [-0.05, 0) is 19.8 Å². The van der Waals surface area contributed by atoms with Crippen LogP contribution in [0.2, 0.25) is 0 Å². The number of halogens is 1. The summed E-state index contributed by atoms with van der Waals surface area (Å²) in [6.07, 6.45) is 1.77. The maximum Gasteiger partial charge on any atom is 0.0109 e. The van der Waals surface area contributed by atoms with E-state index in [2.05, 4.69) is 6.58 Å². The fourth-order valence-corrected chi connectivity index (χ4v) is 0.493. The monoisotopic (exact) mass is 133 g/mol. The van der Waals surface area contributed by atoms with E-state index in [-0.39, 0.29) is 6.04 Å². The summed E-state index contributed by atoms with van der Waals surface area (Å²) in [7, 11) is 0. The van der Waals surface area contributed by atoms with Crippen LogP contribution in [0.3, 0.4) is 0 Å². The largest absolute Gasteiger partial charge is 0.328 e. The fourth-order valence-electron chi connectivity index (χ4n) is 0.384. The number of hydrogen-bond acceptors (Lipinski definition) is 1. The highest BCUT2D eigenvalue weighted by Crippen LogP contribution is 2.06. The van der Waals surface area contributed by atoms with Crippen molar-refractivity contribution >= 4 is 11.6 Å². The average Bonchev–Trinajstić information content (AvgIpc) is 1.61. The normalized spacial score (nSPS) is 13.4. The number of allylic oxidation sites excluding steroid dienone is 1. The summed E-state index contributed by atoms with van der Waals surface area (Å²) in [6.45, 7) is 5.50. The Morgan fingerprint density at radius 1 is 1.88 bits per heavy atom. The van der Waals surface area contributed by atoms with Crippen molar-refractivity contribution in [3.05, 3.63) is 11.6 Å². The minimum absolute atomic E-state index is 0.241. The van der Waals surface area contributed by atoms with Gasteiger partial charge in [0.25, 0.3) is 0 Å². The first kappa shape index (κ1) is 7.99. The molecular formula is C6H12ClN. The predicted molar refractivity (Wildman–Crippen MR) is 37.9 cm³/mol. The number of nitrogens with two attached hydrogens (primary N) is 1. The molecule has 0 heterocycles. The van der Waals surface area contributed by atoms with Gasteiger partial charge in [0.1, 0.15) is 0 Å². The molecule has 1 atom stereocenters. The number of rotatable bonds is 3. The first-order valence-electron chi connectivity index (χ1n) is 2.72. The molecule has 8 heavy (non-hydrogen) atoms. The van der Waals surface area contributed by atoms with Crippen molar-refractivity contribution in [3.8, 4) is 0 Å². The lowest BCUT2D eigenvalue weighted by molar-refractivity contribution is 0.673. The third-order valence-corrected chi connectivity index (χ3v) is 1.06. The van der Waals surface area contributed by atoms with E-state index in [9.17, 15) is 0 Å². The summed E-state index contributed by atoms with van der Waals surface area (Å²) < 4.78 is 0. The van der Waals surface area contributed by atoms with E-state index in [0.29, 0.717) is 5.03 Å². The zero-order chi connectivity index (χ0) is 6.57. The maximum atomic E-state index is 5.47. The van der Waals surface area contributed by atoms with Gasteiger partial charge in [0.15, 0.2) is 0 Å². The first-order valence-corrected chi connectivity index (χ1v) is 3.09. The molecular weight excluding hydrogens is 122 g/mol. The van der Waals surface area contributed by atoms with Gasteiger partial charge in [-0.15, -0.1) is 0 Å². The Balaban J connectivity index is 3.05. The zero-order valence-electron chi connectivity index (χ0n) is 5.15. The molecule has 0 spiro atoms. The Bertz CT molecular complexity index is 78.6. The molecule has 0 radical (unpaired) electrons. The van der Waals surface area contributed by atoms with Crippen LogP contribution in [0.15, 0.2) is 11.6 Å². The third kappa shape index (κ3) is 5.99.